The zero-order valence-electron chi connectivity index (χ0n) is 16.0. The highest BCUT2D eigenvalue weighted by Crippen LogP contribution is 2.35. The van der Waals surface area contributed by atoms with Crippen LogP contribution in [-0.2, 0) is 0 Å². The molecule has 0 spiro atoms. The third kappa shape index (κ3) is 4.32. The van der Waals surface area contributed by atoms with Gasteiger partial charge in [0.25, 0.3) is 0 Å². The minimum absolute atomic E-state index is 0.0126. The fourth-order valence-corrected chi connectivity index (χ4v) is 3.34. The zero-order valence-corrected chi connectivity index (χ0v) is 16.0. The first-order valence-electron chi connectivity index (χ1n) is 9.71. The van der Waals surface area contributed by atoms with E-state index in [2.05, 4.69) is 34.1 Å². The van der Waals surface area contributed by atoms with E-state index in [9.17, 15) is 5.11 Å². The molecule has 0 aliphatic heterocycles. The Kier molecular flexibility index (Phi) is 6.51. The monoisotopic (exact) mass is 369 g/mol. The molecule has 144 valence electrons. The molecule has 8 nitrogen and oxygen atoms in total. The molecule has 3 rings (SSSR count). The molecule has 27 heavy (non-hydrogen) atoms. The van der Waals surface area contributed by atoms with Crippen molar-refractivity contribution in [1.29, 1.82) is 0 Å². The van der Waals surface area contributed by atoms with Gasteiger partial charge in [0.15, 0.2) is 11.5 Å². The number of aromatic nitrogens is 7. The fourth-order valence-electron chi connectivity index (χ4n) is 3.34. The summed E-state index contributed by atoms with van der Waals surface area (Å²) in [6.45, 7) is 4.38. The van der Waals surface area contributed by atoms with E-state index in [0.717, 1.165) is 25.0 Å². The zero-order chi connectivity index (χ0) is 19.1. The molecule has 0 aromatic carbocycles. The van der Waals surface area contributed by atoms with E-state index >= 15 is 0 Å². The Labute approximate surface area is 159 Å². The van der Waals surface area contributed by atoms with E-state index in [1.807, 2.05) is 0 Å². The van der Waals surface area contributed by atoms with Crippen molar-refractivity contribution in [3.63, 3.8) is 0 Å². The average molecular weight is 369 g/mol. The number of hydrogen-bond donors (Lipinski definition) is 1. The van der Waals surface area contributed by atoms with Crippen LogP contribution in [0.25, 0.3) is 11.5 Å². The predicted octanol–water partition coefficient (Wildman–Crippen LogP) is 3.80. The summed E-state index contributed by atoms with van der Waals surface area (Å²) < 4.78 is 3.03. The van der Waals surface area contributed by atoms with Crippen molar-refractivity contribution in [2.24, 2.45) is 0 Å². The van der Waals surface area contributed by atoms with Gasteiger partial charge in [-0.25, -0.2) is 14.6 Å². The lowest BCUT2D eigenvalue weighted by molar-refractivity contribution is 0.428. The first-order chi connectivity index (χ1) is 13.3. The first kappa shape index (κ1) is 19.0. The molecule has 8 heteroatoms. The van der Waals surface area contributed by atoms with Crippen LogP contribution in [0.15, 0.2) is 31.0 Å². The molecule has 1 atom stereocenters. The second kappa shape index (κ2) is 9.25. The van der Waals surface area contributed by atoms with Gasteiger partial charge in [0.1, 0.15) is 6.33 Å². The van der Waals surface area contributed by atoms with Crippen LogP contribution >= 0.6 is 0 Å². The lowest BCUT2D eigenvalue weighted by atomic mass is 9.94. The molecule has 1 unspecified atom stereocenters. The van der Waals surface area contributed by atoms with Crippen LogP contribution in [0.4, 0.5) is 0 Å². The van der Waals surface area contributed by atoms with Crippen molar-refractivity contribution in [1.82, 2.24) is 34.7 Å². The van der Waals surface area contributed by atoms with Gasteiger partial charge in [0, 0.05) is 18.2 Å². The van der Waals surface area contributed by atoms with Crippen LogP contribution in [-0.4, -0.2) is 39.8 Å². The summed E-state index contributed by atoms with van der Waals surface area (Å²) in [5, 5.41) is 23.5. The van der Waals surface area contributed by atoms with Gasteiger partial charge in [-0.2, -0.15) is 9.78 Å². The van der Waals surface area contributed by atoms with Crippen molar-refractivity contribution in [2.75, 3.05) is 0 Å². The largest absolute Gasteiger partial charge is 0.492 e. The van der Waals surface area contributed by atoms with Gasteiger partial charge in [-0.05, 0) is 12.8 Å². The summed E-state index contributed by atoms with van der Waals surface area (Å²) in [6, 6.07) is 1.72. The van der Waals surface area contributed by atoms with E-state index in [1.54, 1.807) is 29.3 Å². The summed E-state index contributed by atoms with van der Waals surface area (Å²) in [5.41, 5.74) is 1.40. The van der Waals surface area contributed by atoms with Crippen LogP contribution < -0.4 is 0 Å². The standard InChI is InChI=1S/C19H27N7O/c1-3-5-6-7-8-9-15(4-2)17-18(25-13-12-22-24-25)19(27)26(23-17)16-10-11-20-14-21-16/h10-15,27H,3-9H2,1-2H3. The quantitative estimate of drug-likeness (QED) is 0.546. The molecule has 1 N–H and O–H groups in total. The van der Waals surface area contributed by atoms with E-state index in [1.165, 1.54) is 36.7 Å². The molecule has 0 saturated carbocycles. The topological polar surface area (TPSA) is 94.5 Å². The highest BCUT2D eigenvalue weighted by atomic mass is 16.3. The van der Waals surface area contributed by atoms with Gasteiger partial charge >= 0.3 is 0 Å². The van der Waals surface area contributed by atoms with Gasteiger partial charge in [-0.15, -0.1) is 5.10 Å². The average Bonchev–Trinajstić information content (AvgIpc) is 3.33. The number of unbranched alkanes of at least 4 members (excludes halogenated alkanes) is 4. The molecule has 0 amide bonds. The third-order valence-corrected chi connectivity index (χ3v) is 4.83. The fraction of sp³-hybridized carbons (Fsp3) is 0.526. The summed E-state index contributed by atoms with van der Waals surface area (Å²) in [6.07, 6.45) is 14.5. The van der Waals surface area contributed by atoms with Crippen molar-refractivity contribution < 1.29 is 5.11 Å². The number of nitrogens with zero attached hydrogens (tertiary/aromatic N) is 7. The summed E-state index contributed by atoms with van der Waals surface area (Å²) in [4.78, 5) is 8.15. The van der Waals surface area contributed by atoms with Gasteiger partial charge in [-0.3, -0.25) is 0 Å². The van der Waals surface area contributed by atoms with Crippen molar-refractivity contribution >= 4 is 0 Å². The SMILES string of the molecule is CCCCCCCC(CC)c1nn(-c2ccncn2)c(O)c1-n1ccnn1. The normalized spacial score (nSPS) is 12.4. The highest BCUT2D eigenvalue weighted by molar-refractivity contribution is 5.49. The lowest BCUT2D eigenvalue weighted by Crippen LogP contribution is -2.05. The molecule has 3 aromatic rings. The molecule has 0 aliphatic carbocycles. The van der Waals surface area contributed by atoms with Crippen LogP contribution in [0.2, 0.25) is 0 Å². The molecule has 0 fully saturated rings. The van der Waals surface area contributed by atoms with Gasteiger partial charge in [0.2, 0.25) is 5.88 Å². The lowest BCUT2D eigenvalue weighted by Gasteiger charge is -2.14. The Morgan fingerprint density at radius 2 is 1.96 bits per heavy atom. The van der Waals surface area contributed by atoms with E-state index in [-0.39, 0.29) is 11.8 Å². The second-order valence-electron chi connectivity index (χ2n) is 6.69. The van der Waals surface area contributed by atoms with Crippen LogP contribution in [0.5, 0.6) is 5.88 Å². The number of hydrogen-bond acceptors (Lipinski definition) is 6. The molecule has 0 aliphatic rings. The Balaban J connectivity index is 1.92. The Morgan fingerprint density at radius 1 is 1.11 bits per heavy atom. The number of aromatic hydroxyl groups is 1. The molecular weight excluding hydrogens is 342 g/mol. The first-order valence-corrected chi connectivity index (χ1v) is 9.71. The summed E-state index contributed by atoms with van der Waals surface area (Å²) in [5.74, 6) is 0.770. The van der Waals surface area contributed by atoms with Gasteiger partial charge in [0.05, 0.1) is 18.1 Å². The van der Waals surface area contributed by atoms with Crippen LogP contribution in [0, 0.1) is 0 Å². The van der Waals surface area contributed by atoms with Crippen molar-refractivity contribution in [2.45, 2.75) is 64.7 Å². The highest BCUT2D eigenvalue weighted by Gasteiger charge is 2.26. The maximum atomic E-state index is 10.9. The molecule has 0 saturated heterocycles. The van der Waals surface area contributed by atoms with E-state index in [4.69, 9.17) is 5.10 Å². The van der Waals surface area contributed by atoms with Gasteiger partial charge < -0.3 is 5.11 Å². The Hall–Kier alpha value is -2.77. The third-order valence-electron chi connectivity index (χ3n) is 4.83. The molecule has 3 aromatic heterocycles. The number of rotatable bonds is 10. The maximum Gasteiger partial charge on any atom is 0.242 e. The second-order valence-corrected chi connectivity index (χ2v) is 6.69. The molecule has 0 radical (unpaired) electrons. The predicted molar refractivity (Wildman–Crippen MR) is 102 cm³/mol. The van der Waals surface area contributed by atoms with Crippen molar-refractivity contribution in [3.8, 4) is 17.4 Å². The Bertz CT molecular complexity index is 814. The van der Waals surface area contributed by atoms with E-state index in [0.29, 0.717) is 11.5 Å². The van der Waals surface area contributed by atoms with Crippen LogP contribution in [0.1, 0.15) is 70.4 Å². The minimum atomic E-state index is 0.0126. The van der Waals surface area contributed by atoms with Crippen LogP contribution in [0.3, 0.4) is 0 Å². The summed E-state index contributed by atoms with van der Waals surface area (Å²) >= 11 is 0. The molecule has 0 bridgehead atoms. The van der Waals surface area contributed by atoms with E-state index < -0.39 is 0 Å². The Morgan fingerprint density at radius 3 is 2.63 bits per heavy atom. The summed E-state index contributed by atoms with van der Waals surface area (Å²) in [7, 11) is 0. The molecule has 3 heterocycles. The smallest absolute Gasteiger partial charge is 0.242 e. The molecular formula is C19H27N7O. The van der Waals surface area contributed by atoms with Gasteiger partial charge in [-0.1, -0.05) is 51.2 Å². The van der Waals surface area contributed by atoms with Crippen molar-refractivity contribution in [3.05, 3.63) is 36.7 Å². The minimum Gasteiger partial charge on any atom is -0.492 e. The maximum absolute atomic E-state index is 10.9.